The van der Waals surface area contributed by atoms with E-state index in [-0.39, 0.29) is 0 Å². The van der Waals surface area contributed by atoms with Gasteiger partial charge in [-0.1, -0.05) is 26.7 Å². The Morgan fingerprint density at radius 3 is 2.21 bits per heavy atom. The Balaban J connectivity index is 3.55. The van der Waals surface area contributed by atoms with Crippen LogP contribution in [-0.2, 0) is 10.2 Å². The van der Waals surface area contributed by atoms with Gasteiger partial charge in [-0.15, -0.1) is 0 Å². The van der Waals surface area contributed by atoms with Gasteiger partial charge in [-0.05, 0) is 12.3 Å². The highest BCUT2D eigenvalue weighted by molar-refractivity contribution is 7.87. The molecule has 14 heavy (non-hydrogen) atoms. The van der Waals surface area contributed by atoms with Gasteiger partial charge < -0.3 is 0 Å². The molecule has 0 unspecified atom stereocenters. The predicted molar refractivity (Wildman–Crippen MR) is 59.3 cm³/mol. The van der Waals surface area contributed by atoms with E-state index in [9.17, 15) is 8.42 Å². The van der Waals surface area contributed by atoms with Crippen LogP contribution in [0.3, 0.4) is 0 Å². The van der Waals surface area contributed by atoms with E-state index >= 15 is 0 Å². The topological polar surface area (TPSA) is 49.4 Å². The minimum Gasteiger partial charge on any atom is -0.202 e. The molecule has 0 aliphatic heterocycles. The van der Waals surface area contributed by atoms with Crippen LogP contribution in [0.15, 0.2) is 0 Å². The Morgan fingerprint density at radius 1 is 1.21 bits per heavy atom. The third-order valence-corrected chi connectivity index (χ3v) is 3.50. The van der Waals surface area contributed by atoms with Crippen molar-refractivity contribution in [3.05, 3.63) is 0 Å². The number of hydrogen-bond acceptors (Lipinski definition) is 2. The van der Waals surface area contributed by atoms with Crippen molar-refractivity contribution < 1.29 is 8.42 Å². The smallest absolute Gasteiger partial charge is 0.202 e. The second-order valence-electron chi connectivity index (χ2n) is 4.07. The minimum absolute atomic E-state index is 0.535. The van der Waals surface area contributed by atoms with Crippen LogP contribution in [-0.4, -0.2) is 33.4 Å². The lowest BCUT2D eigenvalue weighted by Gasteiger charge is -2.12. The molecule has 0 aromatic rings. The molecular weight excluding hydrogens is 200 g/mol. The molecule has 0 amide bonds. The summed E-state index contributed by atoms with van der Waals surface area (Å²) in [5.41, 5.74) is 0. The summed E-state index contributed by atoms with van der Waals surface area (Å²) in [6.07, 6.45) is 3.14. The first kappa shape index (κ1) is 13.9. The fraction of sp³-hybridized carbons (Fsp3) is 1.00. The van der Waals surface area contributed by atoms with Crippen molar-refractivity contribution in [1.29, 1.82) is 0 Å². The average Bonchev–Trinajstić information content (AvgIpc) is 2.02. The monoisotopic (exact) mass is 222 g/mol. The van der Waals surface area contributed by atoms with Gasteiger partial charge in [-0.3, -0.25) is 0 Å². The van der Waals surface area contributed by atoms with Crippen molar-refractivity contribution in [3.63, 3.8) is 0 Å². The first-order chi connectivity index (χ1) is 6.36. The Bertz CT molecular complexity index is 235. The third kappa shape index (κ3) is 6.34. The lowest BCUT2D eigenvalue weighted by Crippen LogP contribution is -2.36. The van der Waals surface area contributed by atoms with Crippen LogP contribution >= 0.6 is 0 Å². The second-order valence-corrected chi connectivity index (χ2v) is 6.04. The van der Waals surface area contributed by atoms with Gasteiger partial charge in [0.1, 0.15) is 0 Å². The standard InChI is InChI=1S/C9H22N2O2S/c1-9(2)7-5-6-8-10-14(12,13)11(3)4/h9-10H,5-8H2,1-4H3. The SMILES string of the molecule is CC(C)CCCCNS(=O)(=O)N(C)C. The van der Waals surface area contributed by atoms with Gasteiger partial charge >= 0.3 is 0 Å². The molecule has 0 spiro atoms. The molecule has 0 saturated carbocycles. The first-order valence-corrected chi connectivity index (χ1v) is 6.47. The van der Waals surface area contributed by atoms with E-state index in [1.54, 1.807) is 0 Å². The van der Waals surface area contributed by atoms with Crippen LogP contribution in [0.1, 0.15) is 33.1 Å². The molecule has 0 radical (unpaired) electrons. The third-order valence-electron chi connectivity index (χ3n) is 1.97. The average molecular weight is 222 g/mol. The van der Waals surface area contributed by atoms with Crippen molar-refractivity contribution in [2.75, 3.05) is 20.6 Å². The van der Waals surface area contributed by atoms with E-state index < -0.39 is 10.2 Å². The predicted octanol–water partition coefficient (Wildman–Crippen LogP) is 1.21. The van der Waals surface area contributed by atoms with Gasteiger partial charge in [0.2, 0.25) is 0 Å². The number of nitrogens with one attached hydrogen (secondary N) is 1. The molecule has 0 heterocycles. The fourth-order valence-electron chi connectivity index (χ4n) is 1.01. The van der Waals surface area contributed by atoms with Gasteiger partial charge in [-0.2, -0.15) is 12.7 Å². The first-order valence-electron chi connectivity index (χ1n) is 5.03. The highest BCUT2D eigenvalue weighted by atomic mass is 32.2. The largest absolute Gasteiger partial charge is 0.278 e. The quantitative estimate of drug-likeness (QED) is 0.658. The fourth-order valence-corrected chi connectivity index (χ4v) is 1.67. The summed E-state index contributed by atoms with van der Waals surface area (Å²) in [5, 5.41) is 0. The summed E-state index contributed by atoms with van der Waals surface area (Å²) < 4.78 is 26.2. The second kappa shape index (κ2) is 6.37. The maximum Gasteiger partial charge on any atom is 0.278 e. The molecule has 0 saturated heterocycles. The van der Waals surface area contributed by atoms with Crippen molar-refractivity contribution in [2.24, 2.45) is 5.92 Å². The molecule has 5 heteroatoms. The molecule has 0 aromatic heterocycles. The maximum atomic E-state index is 11.2. The van der Waals surface area contributed by atoms with Gasteiger partial charge in [0.05, 0.1) is 0 Å². The number of nitrogens with zero attached hydrogens (tertiary/aromatic N) is 1. The zero-order valence-electron chi connectivity index (χ0n) is 9.58. The van der Waals surface area contributed by atoms with Gasteiger partial charge in [0, 0.05) is 20.6 Å². The van der Waals surface area contributed by atoms with E-state index in [1.165, 1.54) is 18.4 Å². The summed E-state index contributed by atoms with van der Waals surface area (Å²) >= 11 is 0. The molecule has 0 rings (SSSR count). The van der Waals surface area contributed by atoms with Crippen LogP contribution in [0.25, 0.3) is 0 Å². The normalized spacial score (nSPS) is 12.7. The van der Waals surface area contributed by atoms with Crippen LogP contribution < -0.4 is 4.72 Å². The van der Waals surface area contributed by atoms with Crippen LogP contribution in [0, 0.1) is 5.92 Å². The van der Waals surface area contributed by atoms with Crippen molar-refractivity contribution in [1.82, 2.24) is 9.03 Å². The van der Waals surface area contributed by atoms with Crippen molar-refractivity contribution in [2.45, 2.75) is 33.1 Å². The van der Waals surface area contributed by atoms with Crippen LogP contribution in [0.5, 0.6) is 0 Å². The molecule has 1 N–H and O–H groups in total. The molecule has 0 atom stereocenters. The van der Waals surface area contributed by atoms with Crippen molar-refractivity contribution in [3.8, 4) is 0 Å². The van der Waals surface area contributed by atoms with Gasteiger partial charge in [-0.25, -0.2) is 4.72 Å². The van der Waals surface area contributed by atoms with Gasteiger partial charge in [0.25, 0.3) is 10.2 Å². The summed E-state index contributed by atoms with van der Waals surface area (Å²) in [5.74, 6) is 0.695. The minimum atomic E-state index is -3.22. The van der Waals surface area contributed by atoms with E-state index in [2.05, 4.69) is 18.6 Å². The van der Waals surface area contributed by atoms with Crippen LogP contribution in [0.4, 0.5) is 0 Å². The lowest BCUT2D eigenvalue weighted by atomic mass is 10.1. The van der Waals surface area contributed by atoms with Gasteiger partial charge in [0.15, 0.2) is 0 Å². The van der Waals surface area contributed by atoms with Crippen molar-refractivity contribution >= 4 is 10.2 Å². The molecule has 86 valence electrons. The number of unbranched alkanes of at least 4 members (excludes halogenated alkanes) is 1. The molecule has 0 aliphatic carbocycles. The van der Waals surface area contributed by atoms with E-state index in [4.69, 9.17) is 0 Å². The van der Waals surface area contributed by atoms with Crippen LogP contribution in [0.2, 0.25) is 0 Å². The number of hydrogen-bond donors (Lipinski definition) is 1. The molecule has 4 nitrogen and oxygen atoms in total. The zero-order chi connectivity index (χ0) is 11.2. The summed E-state index contributed by atoms with van der Waals surface area (Å²) in [6, 6.07) is 0. The molecule has 0 aliphatic rings. The molecule has 0 bridgehead atoms. The van der Waals surface area contributed by atoms with E-state index in [1.807, 2.05) is 0 Å². The summed E-state index contributed by atoms with van der Waals surface area (Å²) in [7, 11) is -0.167. The zero-order valence-corrected chi connectivity index (χ0v) is 10.4. The Kier molecular flexibility index (Phi) is 6.31. The highest BCUT2D eigenvalue weighted by Gasteiger charge is 2.10. The summed E-state index contributed by atoms with van der Waals surface area (Å²) in [4.78, 5) is 0. The lowest BCUT2D eigenvalue weighted by molar-refractivity contribution is 0.496. The molecule has 0 aromatic carbocycles. The summed E-state index contributed by atoms with van der Waals surface area (Å²) in [6.45, 7) is 4.88. The van der Waals surface area contributed by atoms with E-state index in [0.29, 0.717) is 12.5 Å². The Labute approximate surface area is 87.9 Å². The maximum absolute atomic E-state index is 11.2. The molecular formula is C9H22N2O2S. The molecule has 0 fully saturated rings. The Hall–Kier alpha value is -0.130. The van der Waals surface area contributed by atoms with E-state index in [0.717, 1.165) is 19.3 Å². The number of rotatable bonds is 7. The Morgan fingerprint density at radius 2 is 1.79 bits per heavy atom. The highest BCUT2D eigenvalue weighted by Crippen LogP contribution is 2.05.